The predicted octanol–water partition coefficient (Wildman–Crippen LogP) is 2.52. The maximum Gasteiger partial charge on any atom is 0.262 e. The molecular weight excluding hydrogens is 296 g/mol. The zero-order valence-electron chi connectivity index (χ0n) is 12.8. The molecule has 6 heteroatoms. The molecule has 6 nitrogen and oxygen atoms in total. The van der Waals surface area contributed by atoms with Gasteiger partial charge in [-0.05, 0) is 24.3 Å². The van der Waals surface area contributed by atoms with E-state index in [0.29, 0.717) is 34.0 Å². The van der Waals surface area contributed by atoms with Gasteiger partial charge in [-0.1, -0.05) is 18.2 Å². The lowest BCUT2D eigenvalue weighted by atomic mass is 10.2. The van der Waals surface area contributed by atoms with Crippen LogP contribution in [0.4, 0.5) is 0 Å². The van der Waals surface area contributed by atoms with Crippen molar-refractivity contribution in [2.75, 3.05) is 14.2 Å². The molecule has 0 saturated heterocycles. The van der Waals surface area contributed by atoms with E-state index in [1.165, 1.54) is 14.2 Å². The highest BCUT2D eigenvalue weighted by atomic mass is 16.5. The first kappa shape index (κ1) is 14.9. The number of nitrogens with one attached hydrogen (secondary N) is 1. The van der Waals surface area contributed by atoms with Crippen LogP contribution in [-0.2, 0) is 6.61 Å². The van der Waals surface area contributed by atoms with Crippen LogP contribution in [0, 0.1) is 0 Å². The molecule has 118 valence electrons. The molecule has 1 N–H and O–H groups in total. The Kier molecular flexibility index (Phi) is 4.14. The molecule has 0 aliphatic rings. The van der Waals surface area contributed by atoms with Gasteiger partial charge in [0.2, 0.25) is 0 Å². The maximum atomic E-state index is 12.4. The van der Waals surface area contributed by atoms with Gasteiger partial charge in [0, 0.05) is 0 Å². The molecule has 0 aliphatic carbocycles. The van der Waals surface area contributed by atoms with Crippen LogP contribution in [0.3, 0.4) is 0 Å². The average molecular weight is 312 g/mol. The molecule has 23 heavy (non-hydrogen) atoms. The number of benzene rings is 2. The van der Waals surface area contributed by atoms with Crippen molar-refractivity contribution in [2.24, 2.45) is 0 Å². The fourth-order valence-corrected chi connectivity index (χ4v) is 2.31. The van der Waals surface area contributed by atoms with E-state index in [1.54, 1.807) is 12.1 Å². The number of nitrogens with zero attached hydrogens (tertiary/aromatic N) is 1. The van der Waals surface area contributed by atoms with Crippen LogP contribution < -0.4 is 19.8 Å². The largest absolute Gasteiger partial charge is 0.496 e. The van der Waals surface area contributed by atoms with Crippen molar-refractivity contribution in [1.82, 2.24) is 9.97 Å². The van der Waals surface area contributed by atoms with Crippen molar-refractivity contribution in [3.63, 3.8) is 0 Å². The van der Waals surface area contributed by atoms with Crippen LogP contribution in [0.1, 0.15) is 5.82 Å². The van der Waals surface area contributed by atoms with Crippen molar-refractivity contribution in [3.05, 3.63) is 58.6 Å². The van der Waals surface area contributed by atoms with Gasteiger partial charge < -0.3 is 19.2 Å². The van der Waals surface area contributed by atoms with Crippen molar-refractivity contribution in [2.45, 2.75) is 6.61 Å². The fourth-order valence-electron chi connectivity index (χ4n) is 2.31. The summed E-state index contributed by atoms with van der Waals surface area (Å²) >= 11 is 0. The monoisotopic (exact) mass is 312 g/mol. The first-order chi connectivity index (χ1) is 11.2. The summed E-state index contributed by atoms with van der Waals surface area (Å²) in [6.45, 7) is 0.148. The van der Waals surface area contributed by atoms with Gasteiger partial charge in [0.1, 0.15) is 40.6 Å². The molecule has 0 aliphatic heterocycles. The van der Waals surface area contributed by atoms with Crippen LogP contribution in [0.25, 0.3) is 10.9 Å². The van der Waals surface area contributed by atoms with Crippen LogP contribution in [0.5, 0.6) is 17.2 Å². The summed E-state index contributed by atoms with van der Waals surface area (Å²) in [6, 6.07) is 12.7. The number of hydrogen-bond acceptors (Lipinski definition) is 5. The fraction of sp³-hybridized carbons (Fsp3) is 0.176. The van der Waals surface area contributed by atoms with E-state index in [-0.39, 0.29) is 12.2 Å². The van der Waals surface area contributed by atoms with E-state index in [1.807, 2.05) is 30.3 Å². The number of aromatic nitrogens is 2. The summed E-state index contributed by atoms with van der Waals surface area (Å²) in [7, 11) is 3.04. The van der Waals surface area contributed by atoms with Crippen molar-refractivity contribution >= 4 is 10.9 Å². The van der Waals surface area contributed by atoms with E-state index in [4.69, 9.17) is 14.2 Å². The number of fused-ring (bicyclic) bond motifs is 1. The number of methoxy groups -OCH3 is 2. The van der Waals surface area contributed by atoms with E-state index < -0.39 is 0 Å². The minimum atomic E-state index is -0.294. The minimum Gasteiger partial charge on any atom is -0.496 e. The first-order valence-electron chi connectivity index (χ1n) is 7.04. The predicted molar refractivity (Wildman–Crippen MR) is 86.2 cm³/mol. The Morgan fingerprint density at radius 1 is 1.00 bits per heavy atom. The summed E-state index contributed by atoms with van der Waals surface area (Å²) in [5.74, 6) is 2.07. The lowest BCUT2D eigenvalue weighted by molar-refractivity contribution is 0.296. The summed E-state index contributed by atoms with van der Waals surface area (Å²) in [5.41, 5.74) is 0.152. The molecule has 3 aromatic rings. The van der Waals surface area contributed by atoms with Crippen LogP contribution >= 0.6 is 0 Å². The summed E-state index contributed by atoms with van der Waals surface area (Å²) in [5, 5.41) is 0.357. The Morgan fingerprint density at radius 3 is 2.39 bits per heavy atom. The SMILES string of the molecule is COc1ccc(OC)c2c(=O)[nH]c(COc3ccccc3)nc12. The van der Waals surface area contributed by atoms with Crippen molar-refractivity contribution < 1.29 is 14.2 Å². The second-order valence-electron chi connectivity index (χ2n) is 4.81. The Balaban J connectivity index is 2.01. The molecule has 3 rings (SSSR count). The number of aromatic amines is 1. The lowest BCUT2D eigenvalue weighted by Crippen LogP contribution is -2.15. The lowest BCUT2D eigenvalue weighted by Gasteiger charge is -2.10. The van der Waals surface area contributed by atoms with E-state index in [9.17, 15) is 4.79 Å². The second-order valence-corrected chi connectivity index (χ2v) is 4.81. The Morgan fingerprint density at radius 2 is 1.70 bits per heavy atom. The molecule has 2 aromatic carbocycles. The molecule has 0 spiro atoms. The standard InChI is InChI=1S/C17H16N2O4/c1-21-12-8-9-13(22-2)16-15(12)17(20)19-14(18-16)10-23-11-6-4-3-5-7-11/h3-9H,10H2,1-2H3,(H,18,19,20). The van der Waals surface area contributed by atoms with Gasteiger partial charge in [-0.25, -0.2) is 4.98 Å². The molecule has 0 amide bonds. The number of ether oxygens (including phenoxy) is 3. The molecule has 0 atom stereocenters. The quantitative estimate of drug-likeness (QED) is 0.783. The van der Waals surface area contributed by atoms with E-state index in [2.05, 4.69) is 9.97 Å². The molecule has 0 unspecified atom stereocenters. The molecule has 0 radical (unpaired) electrons. The van der Waals surface area contributed by atoms with Gasteiger partial charge in [0.15, 0.2) is 0 Å². The Bertz CT molecular complexity index is 875. The number of H-pyrrole nitrogens is 1. The third-order valence-electron chi connectivity index (χ3n) is 3.39. The number of hydrogen-bond donors (Lipinski definition) is 1. The number of para-hydroxylation sites is 1. The molecule has 0 fully saturated rings. The normalized spacial score (nSPS) is 10.5. The zero-order valence-corrected chi connectivity index (χ0v) is 12.8. The van der Waals surface area contributed by atoms with Gasteiger partial charge in [0.25, 0.3) is 5.56 Å². The smallest absolute Gasteiger partial charge is 0.262 e. The van der Waals surface area contributed by atoms with E-state index in [0.717, 1.165) is 0 Å². The third-order valence-corrected chi connectivity index (χ3v) is 3.39. The third kappa shape index (κ3) is 2.96. The highest BCUT2D eigenvalue weighted by molar-refractivity contribution is 5.89. The van der Waals surface area contributed by atoms with Gasteiger partial charge >= 0.3 is 0 Å². The molecule has 1 aromatic heterocycles. The van der Waals surface area contributed by atoms with Gasteiger partial charge in [-0.2, -0.15) is 0 Å². The summed E-state index contributed by atoms with van der Waals surface area (Å²) in [4.78, 5) is 19.5. The second kappa shape index (κ2) is 6.39. The summed E-state index contributed by atoms with van der Waals surface area (Å²) in [6.07, 6.45) is 0. The maximum absolute atomic E-state index is 12.4. The van der Waals surface area contributed by atoms with Gasteiger partial charge in [0.05, 0.1) is 14.2 Å². The highest BCUT2D eigenvalue weighted by Crippen LogP contribution is 2.29. The van der Waals surface area contributed by atoms with Crippen LogP contribution in [0.15, 0.2) is 47.3 Å². The molecule has 1 heterocycles. The topological polar surface area (TPSA) is 73.4 Å². The average Bonchev–Trinajstić information content (AvgIpc) is 2.60. The highest BCUT2D eigenvalue weighted by Gasteiger charge is 2.14. The molecular formula is C17H16N2O4. The minimum absolute atomic E-state index is 0.148. The van der Waals surface area contributed by atoms with Crippen molar-refractivity contribution in [3.8, 4) is 17.2 Å². The van der Waals surface area contributed by atoms with Gasteiger partial charge in [-0.15, -0.1) is 0 Å². The summed E-state index contributed by atoms with van der Waals surface area (Å²) < 4.78 is 16.1. The molecule has 0 saturated carbocycles. The zero-order chi connectivity index (χ0) is 16.2. The Labute approximate surface area is 132 Å². The molecule has 0 bridgehead atoms. The van der Waals surface area contributed by atoms with E-state index >= 15 is 0 Å². The first-order valence-corrected chi connectivity index (χ1v) is 7.04. The number of rotatable bonds is 5. The van der Waals surface area contributed by atoms with Gasteiger partial charge in [-0.3, -0.25) is 4.79 Å². The van der Waals surface area contributed by atoms with Crippen LogP contribution in [-0.4, -0.2) is 24.2 Å². The Hall–Kier alpha value is -3.02. The van der Waals surface area contributed by atoms with Crippen LogP contribution in [0.2, 0.25) is 0 Å². The van der Waals surface area contributed by atoms with Crippen molar-refractivity contribution in [1.29, 1.82) is 0 Å².